The first-order chi connectivity index (χ1) is 8.58. The van der Waals surface area contributed by atoms with Gasteiger partial charge in [-0.15, -0.1) is 0 Å². The van der Waals surface area contributed by atoms with Gasteiger partial charge in [-0.25, -0.2) is 9.97 Å². The van der Waals surface area contributed by atoms with Crippen molar-refractivity contribution in [3.8, 4) is 0 Å². The molecule has 0 bridgehead atoms. The van der Waals surface area contributed by atoms with E-state index in [0.29, 0.717) is 0 Å². The Labute approximate surface area is 106 Å². The number of ether oxygens (including phenoxy) is 1. The molecule has 1 aliphatic rings. The lowest BCUT2D eigenvalue weighted by atomic mass is 10.0. The minimum atomic E-state index is -0.279. The number of nitrogens with zero attached hydrogens (tertiary/aromatic N) is 3. The third kappa shape index (κ3) is 1.75. The number of pyridine rings is 1. The predicted molar refractivity (Wildman–Crippen MR) is 70.8 cm³/mol. The van der Waals surface area contributed by atoms with Crippen molar-refractivity contribution in [3.63, 3.8) is 0 Å². The fraction of sp³-hybridized carbons (Fsp3) is 0.538. The number of imidazole rings is 1. The van der Waals surface area contributed by atoms with E-state index >= 15 is 0 Å². The number of rotatable bonds is 2. The van der Waals surface area contributed by atoms with Gasteiger partial charge in [-0.05, 0) is 31.9 Å². The molecule has 5 nitrogen and oxygen atoms in total. The highest BCUT2D eigenvalue weighted by Gasteiger charge is 2.35. The van der Waals surface area contributed by atoms with Gasteiger partial charge in [0.25, 0.3) is 0 Å². The number of nitrogens with one attached hydrogen (secondary N) is 1. The molecule has 1 N–H and O–H groups in total. The summed E-state index contributed by atoms with van der Waals surface area (Å²) < 4.78 is 5.80. The standard InChI is InChI=1S/C13H18N4O/c1-13(7-4-8-18-13)12-14-9-5-6-10(17(2)3)15-11(9)16-12/h5-6H,4,7-8H2,1-3H3,(H,14,15,16). The molecule has 0 amide bonds. The van der Waals surface area contributed by atoms with E-state index in [2.05, 4.69) is 21.9 Å². The van der Waals surface area contributed by atoms with Crippen molar-refractivity contribution in [2.75, 3.05) is 25.6 Å². The number of H-pyrrole nitrogens is 1. The van der Waals surface area contributed by atoms with E-state index in [9.17, 15) is 0 Å². The summed E-state index contributed by atoms with van der Waals surface area (Å²) in [5.74, 6) is 1.80. The quantitative estimate of drug-likeness (QED) is 0.881. The molecule has 5 heteroatoms. The molecule has 1 unspecified atom stereocenters. The highest BCUT2D eigenvalue weighted by molar-refractivity contribution is 5.73. The van der Waals surface area contributed by atoms with E-state index in [0.717, 1.165) is 42.3 Å². The minimum absolute atomic E-state index is 0.279. The number of hydrogen-bond donors (Lipinski definition) is 1. The molecule has 0 aromatic carbocycles. The lowest BCUT2D eigenvalue weighted by molar-refractivity contribution is 0.0103. The van der Waals surface area contributed by atoms with Crippen LogP contribution in [0.5, 0.6) is 0 Å². The van der Waals surface area contributed by atoms with Crippen molar-refractivity contribution >= 4 is 17.0 Å². The Hall–Kier alpha value is -1.62. The first kappa shape index (κ1) is 11.5. The van der Waals surface area contributed by atoms with Gasteiger partial charge in [-0.1, -0.05) is 0 Å². The van der Waals surface area contributed by atoms with Crippen molar-refractivity contribution in [1.29, 1.82) is 0 Å². The summed E-state index contributed by atoms with van der Waals surface area (Å²) in [5.41, 5.74) is 1.44. The van der Waals surface area contributed by atoms with Crippen LogP contribution in [0.1, 0.15) is 25.6 Å². The SMILES string of the molecule is CN(C)c1ccc2[nH]c(C3(C)CCCO3)nc2n1. The summed E-state index contributed by atoms with van der Waals surface area (Å²) in [6, 6.07) is 4.01. The fourth-order valence-corrected chi connectivity index (χ4v) is 2.35. The summed E-state index contributed by atoms with van der Waals surface area (Å²) in [6.07, 6.45) is 2.09. The van der Waals surface area contributed by atoms with Gasteiger partial charge in [0.05, 0.1) is 5.52 Å². The maximum absolute atomic E-state index is 5.80. The number of aromatic amines is 1. The zero-order chi connectivity index (χ0) is 12.8. The lowest BCUT2D eigenvalue weighted by Crippen LogP contribution is -2.21. The van der Waals surface area contributed by atoms with Gasteiger partial charge in [0, 0.05) is 20.7 Å². The van der Waals surface area contributed by atoms with Gasteiger partial charge in [0.2, 0.25) is 0 Å². The second kappa shape index (κ2) is 3.95. The average Bonchev–Trinajstić information content (AvgIpc) is 2.94. The van der Waals surface area contributed by atoms with Crippen LogP contribution in [0.15, 0.2) is 12.1 Å². The van der Waals surface area contributed by atoms with Crippen LogP contribution < -0.4 is 4.90 Å². The first-order valence-electron chi connectivity index (χ1n) is 6.27. The molecule has 3 rings (SSSR count). The van der Waals surface area contributed by atoms with Gasteiger partial charge in [0.15, 0.2) is 5.65 Å². The number of hydrogen-bond acceptors (Lipinski definition) is 4. The summed E-state index contributed by atoms with van der Waals surface area (Å²) in [5, 5.41) is 0. The van der Waals surface area contributed by atoms with Gasteiger partial charge >= 0.3 is 0 Å². The molecule has 0 aliphatic carbocycles. The predicted octanol–water partition coefficient (Wildman–Crippen LogP) is 2.05. The molecule has 0 saturated carbocycles. The van der Waals surface area contributed by atoms with Crippen molar-refractivity contribution < 1.29 is 4.74 Å². The van der Waals surface area contributed by atoms with E-state index in [-0.39, 0.29) is 5.60 Å². The van der Waals surface area contributed by atoms with Crippen LogP contribution in [-0.4, -0.2) is 35.7 Å². The van der Waals surface area contributed by atoms with Gasteiger partial charge in [-0.3, -0.25) is 0 Å². The van der Waals surface area contributed by atoms with Crippen LogP contribution in [0.3, 0.4) is 0 Å². The van der Waals surface area contributed by atoms with Gasteiger partial charge in [0.1, 0.15) is 17.2 Å². The highest BCUT2D eigenvalue weighted by atomic mass is 16.5. The van der Waals surface area contributed by atoms with E-state index in [1.54, 1.807) is 0 Å². The van der Waals surface area contributed by atoms with Crippen LogP contribution in [0.25, 0.3) is 11.2 Å². The zero-order valence-corrected chi connectivity index (χ0v) is 11.0. The summed E-state index contributed by atoms with van der Waals surface area (Å²) in [7, 11) is 3.95. The second-order valence-corrected chi connectivity index (χ2v) is 5.20. The van der Waals surface area contributed by atoms with E-state index in [1.807, 2.05) is 31.1 Å². The fourth-order valence-electron chi connectivity index (χ4n) is 2.35. The Morgan fingerprint density at radius 2 is 2.17 bits per heavy atom. The molecule has 1 aliphatic heterocycles. The van der Waals surface area contributed by atoms with E-state index < -0.39 is 0 Å². The lowest BCUT2D eigenvalue weighted by Gasteiger charge is -2.19. The Bertz CT molecular complexity index is 569. The summed E-state index contributed by atoms with van der Waals surface area (Å²) in [4.78, 5) is 14.4. The Balaban J connectivity index is 2.05. The molecule has 1 saturated heterocycles. The maximum Gasteiger partial charge on any atom is 0.179 e. The molecule has 1 fully saturated rings. The normalized spacial score (nSPS) is 23.7. The Morgan fingerprint density at radius 1 is 1.33 bits per heavy atom. The smallest absolute Gasteiger partial charge is 0.179 e. The minimum Gasteiger partial charge on any atom is -0.367 e. The van der Waals surface area contributed by atoms with Gasteiger partial charge < -0.3 is 14.6 Å². The number of aromatic nitrogens is 3. The molecule has 2 aromatic rings. The van der Waals surface area contributed by atoms with E-state index in [1.165, 1.54) is 0 Å². The van der Waals surface area contributed by atoms with Crippen LogP contribution in [0.4, 0.5) is 5.82 Å². The third-order valence-corrected chi connectivity index (χ3v) is 3.51. The molecule has 1 atom stereocenters. The number of anilines is 1. The summed E-state index contributed by atoms with van der Waals surface area (Å²) in [6.45, 7) is 2.90. The topological polar surface area (TPSA) is 54.0 Å². The third-order valence-electron chi connectivity index (χ3n) is 3.51. The molecule has 2 aromatic heterocycles. The molecule has 96 valence electrons. The van der Waals surface area contributed by atoms with Crippen molar-refractivity contribution in [1.82, 2.24) is 15.0 Å². The first-order valence-corrected chi connectivity index (χ1v) is 6.27. The Kier molecular flexibility index (Phi) is 2.52. The monoisotopic (exact) mass is 246 g/mol. The average molecular weight is 246 g/mol. The van der Waals surface area contributed by atoms with Gasteiger partial charge in [-0.2, -0.15) is 0 Å². The van der Waals surface area contributed by atoms with Crippen molar-refractivity contribution in [3.05, 3.63) is 18.0 Å². The zero-order valence-electron chi connectivity index (χ0n) is 11.0. The molecular formula is C13H18N4O. The maximum atomic E-state index is 5.80. The Morgan fingerprint density at radius 3 is 2.83 bits per heavy atom. The second-order valence-electron chi connectivity index (χ2n) is 5.20. The molecule has 0 spiro atoms. The summed E-state index contributed by atoms with van der Waals surface area (Å²) >= 11 is 0. The molecule has 18 heavy (non-hydrogen) atoms. The van der Waals surface area contributed by atoms with Crippen LogP contribution in [0, 0.1) is 0 Å². The van der Waals surface area contributed by atoms with Crippen molar-refractivity contribution in [2.45, 2.75) is 25.4 Å². The van der Waals surface area contributed by atoms with Crippen LogP contribution in [-0.2, 0) is 10.3 Å². The van der Waals surface area contributed by atoms with E-state index in [4.69, 9.17) is 4.74 Å². The highest BCUT2D eigenvalue weighted by Crippen LogP contribution is 2.34. The van der Waals surface area contributed by atoms with Crippen LogP contribution in [0.2, 0.25) is 0 Å². The molecular weight excluding hydrogens is 228 g/mol. The van der Waals surface area contributed by atoms with Crippen LogP contribution >= 0.6 is 0 Å². The largest absolute Gasteiger partial charge is 0.367 e. The van der Waals surface area contributed by atoms with Crippen molar-refractivity contribution in [2.24, 2.45) is 0 Å². The molecule has 3 heterocycles. The number of fused-ring (bicyclic) bond motifs is 1. The molecule has 0 radical (unpaired) electrons.